The molecule has 0 fully saturated rings. The number of hydroxylamine groups is 1. The fraction of sp³-hybridized carbons (Fsp3) is 0.143. The number of rotatable bonds is 3. The van der Waals surface area contributed by atoms with Crippen LogP contribution >= 0.6 is 11.8 Å². The van der Waals surface area contributed by atoms with E-state index in [2.05, 4.69) is 4.98 Å². The summed E-state index contributed by atoms with van der Waals surface area (Å²) in [5.41, 5.74) is 1.29. The Balaban J connectivity index is 2.55. The van der Waals surface area contributed by atoms with Crippen LogP contribution in [0.15, 0.2) is 28.0 Å². The number of hydrogen-bond donors (Lipinski definition) is 3. The average molecular weight is 200 g/mol. The van der Waals surface area contributed by atoms with Gasteiger partial charge in [-0.25, -0.2) is 5.48 Å². The van der Waals surface area contributed by atoms with Gasteiger partial charge in [0.2, 0.25) is 5.56 Å². The Labute approximate surface area is 78.1 Å². The van der Waals surface area contributed by atoms with Crippen LogP contribution in [0.2, 0.25) is 0 Å². The number of carbonyl (C=O) groups is 1. The van der Waals surface area contributed by atoms with Crippen LogP contribution in [0.1, 0.15) is 0 Å². The van der Waals surface area contributed by atoms with Gasteiger partial charge in [0.15, 0.2) is 0 Å². The summed E-state index contributed by atoms with van der Waals surface area (Å²) in [6, 6.07) is 3.06. The lowest BCUT2D eigenvalue weighted by molar-refractivity contribution is -0.126. The zero-order valence-electron chi connectivity index (χ0n) is 6.61. The molecule has 1 rings (SSSR count). The molecule has 0 aliphatic heterocycles. The zero-order chi connectivity index (χ0) is 9.68. The molecule has 1 amide bonds. The van der Waals surface area contributed by atoms with Gasteiger partial charge in [-0.1, -0.05) is 0 Å². The average Bonchev–Trinajstić information content (AvgIpc) is 2.14. The number of nitrogens with one attached hydrogen (secondary N) is 2. The largest absolute Gasteiger partial charge is 0.329 e. The molecule has 3 N–H and O–H groups in total. The third kappa shape index (κ3) is 3.30. The predicted octanol–water partition coefficient (Wildman–Crippen LogP) is -0.0276. The Hall–Kier alpha value is -1.27. The summed E-state index contributed by atoms with van der Waals surface area (Å²) in [7, 11) is 0. The lowest BCUT2D eigenvalue weighted by Crippen LogP contribution is -2.20. The topological polar surface area (TPSA) is 82.2 Å². The molecule has 0 saturated carbocycles. The van der Waals surface area contributed by atoms with Gasteiger partial charge in [0.05, 0.1) is 5.75 Å². The third-order valence-electron chi connectivity index (χ3n) is 1.24. The Morgan fingerprint density at radius 1 is 1.69 bits per heavy atom. The molecule has 0 unspecified atom stereocenters. The van der Waals surface area contributed by atoms with Crippen molar-refractivity contribution in [1.82, 2.24) is 10.5 Å². The van der Waals surface area contributed by atoms with E-state index in [4.69, 9.17) is 5.21 Å². The maximum Gasteiger partial charge on any atom is 0.253 e. The van der Waals surface area contributed by atoms with Crippen LogP contribution in [0.4, 0.5) is 0 Å². The molecule has 5 nitrogen and oxygen atoms in total. The first-order valence-electron chi connectivity index (χ1n) is 3.47. The molecule has 0 spiro atoms. The lowest BCUT2D eigenvalue weighted by Gasteiger charge is -1.98. The Morgan fingerprint density at radius 2 is 2.46 bits per heavy atom. The molecule has 0 atom stereocenters. The van der Waals surface area contributed by atoms with E-state index in [1.54, 1.807) is 6.07 Å². The fourth-order valence-corrected chi connectivity index (χ4v) is 1.41. The van der Waals surface area contributed by atoms with Crippen molar-refractivity contribution < 1.29 is 10.0 Å². The highest BCUT2D eigenvalue weighted by Gasteiger charge is 2.00. The zero-order valence-corrected chi connectivity index (χ0v) is 7.43. The molecule has 0 aromatic carbocycles. The molecule has 0 radical (unpaired) electrons. The highest BCUT2D eigenvalue weighted by Crippen LogP contribution is 2.13. The standard InChI is InChI=1S/C7H8N2O3S/c10-6-3-5(1-2-8-6)13-4-7(11)9-12/h1-3,12H,4H2,(H,8,10)(H,9,11). The number of thioether (sulfide) groups is 1. The maximum absolute atomic E-state index is 10.8. The van der Waals surface area contributed by atoms with Crippen molar-refractivity contribution in [3.05, 3.63) is 28.7 Å². The van der Waals surface area contributed by atoms with Gasteiger partial charge in [0.25, 0.3) is 5.91 Å². The molecule has 0 aliphatic carbocycles. The van der Waals surface area contributed by atoms with E-state index in [-0.39, 0.29) is 11.3 Å². The highest BCUT2D eigenvalue weighted by molar-refractivity contribution is 8.00. The van der Waals surface area contributed by atoms with E-state index >= 15 is 0 Å². The maximum atomic E-state index is 10.8. The van der Waals surface area contributed by atoms with Crippen molar-refractivity contribution in [1.29, 1.82) is 0 Å². The molecule has 0 aliphatic rings. The van der Waals surface area contributed by atoms with Crippen molar-refractivity contribution in [2.24, 2.45) is 0 Å². The Morgan fingerprint density at radius 3 is 3.08 bits per heavy atom. The van der Waals surface area contributed by atoms with Crippen molar-refractivity contribution in [3.63, 3.8) is 0 Å². The van der Waals surface area contributed by atoms with Gasteiger partial charge in [-0.2, -0.15) is 0 Å². The van der Waals surface area contributed by atoms with Gasteiger partial charge >= 0.3 is 0 Å². The van der Waals surface area contributed by atoms with Gasteiger partial charge < -0.3 is 4.98 Å². The lowest BCUT2D eigenvalue weighted by atomic mass is 10.5. The number of aromatic nitrogens is 1. The third-order valence-corrected chi connectivity index (χ3v) is 2.23. The van der Waals surface area contributed by atoms with E-state index in [9.17, 15) is 9.59 Å². The minimum Gasteiger partial charge on any atom is -0.329 e. The second-order valence-electron chi connectivity index (χ2n) is 2.21. The van der Waals surface area contributed by atoms with Crippen molar-refractivity contribution >= 4 is 17.7 Å². The second kappa shape index (κ2) is 4.68. The summed E-state index contributed by atoms with van der Waals surface area (Å²) in [6.45, 7) is 0. The quantitative estimate of drug-likeness (QED) is 0.363. The molecule has 0 bridgehead atoms. The number of H-pyrrole nitrogens is 1. The van der Waals surface area contributed by atoms with Gasteiger partial charge in [-0.15, -0.1) is 11.8 Å². The van der Waals surface area contributed by atoms with E-state index in [1.165, 1.54) is 29.5 Å². The number of amides is 1. The number of hydrogen-bond acceptors (Lipinski definition) is 4. The molecule has 1 aromatic heterocycles. The minimum atomic E-state index is -0.495. The van der Waals surface area contributed by atoms with Crippen LogP contribution in [0, 0.1) is 0 Å². The number of aromatic amines is 1. The first-order chi connectivity index (χ1) is 6.22. The van der Waals surface area contributed by atoms with Crippen molar-refractivity contribution in [2.75, 3.05) is 5.75 Å². The summed E-state index contributed by atoms with van der Waals surface area (Å²) in [6.07, 6.45) is 1.50. The summed E-state index contributed by atoms with van der Waals surface area (Å²) in [5, 5.41) is 8.19. The van der Waals surface area contributed by atoms with Crippen LogP contribution in [0.25, 0.3) is 0 Å². The molecule has 13 heavy (non-hydrogen) atoms. The minimum absolute atomic E-state index is 0.0833. The van der Waals surface area contributed by atoms with Crippen LogP contribution in [-0.2, 0) is 4.79 Å². The van der Waals surface area contributed by atoms with E-state index < -0.39 is 5.91 Å². The normalized spacial score (nSPS) is 9.62. The first kappa shape index (κ1) is 9.82. The van der Waals surface area contributed by atoms with Crippen LogP contribution in [0.5, 0.6) is 0 Å². The molecule has 70 valence electrons. The molecule has 1 aromatic rings. The first-order valence-corrected chi connectivity index (χ1v) is 4.45. The summed E-state index contributed by atoms with van der Waals surface area (Å²) in [5.74, 6) is -0.412. The fourth-order valence-electron chi connectivity index (χ4n) is 0.696. The number of carbonyl (C=O) groups excluding carboxylic acids is 1. The summed E-state index contributed by atoms with van der Waals surface area (Å²) in [4.78, 5) is 24.5. The molecule has 0 saturated heterocycles. The van der Waals surface area contributed by atoms with Crippen molar-refractivity contribution in [2.45, 2.75) is 4.90 Å². The van der Waals surface area contributed by atoms with E-state index in [0.717, 1.165) is 0 Å². The molecule has 6 heteroatoms. The van der Waals surface area contributed by atoms with Crippen LogP contribution in [-0.4, -0.2) is 21.9 Å². The van der Waals surface area contributed by atoms with Crippen molar-refractivity contribution in [3.8, 4) is 0 Å². The van der Waals surface area contributed by atoms with Gasteiger partial charge in [-0.3, -0.25) is 14.8 Å². The SMILES string of the molecule is O=C(CSc1cc[nH]c(=O)c1)NO. The van der Waals surface area contributed by atoms with Crippen LogP contribution < -0.4 is 11.0 Å². The molecular weight excluding hydrogens is 192 g/mol. The van der Waals surface area contributed by atoms with E-state index in [0.29, 0.717) is 4.90 Å². The van der Waals surface area contributed by atoms with Crippen LogP contribution in [0.3, 0.4) is 0 Å². The van der Waals surface area contributed by atoms with E-state index in [1.807, 2.05) is 0 Å². The monoisotopic (exact) mass is 200 g/mol. The second-order valence-corrected chi connectivity index (χ2v) is 3.26. The van der Waals surface area contributed by atoms with Gasteiger partial charge in [0.1, 0.15) is 0 Å². The Bertz CT molecular complexity index is 350. The summed E-state index contributed by atoms with van der Waals surface area (Å²) >= 11 is 1.18. The Kier molecular flexibility index (Phi) is 3.53. The smallest absolute Gasteiger partial charge is 0.253 e. The molecular formula is C7H8N2O3S. The van der Waals surface area contributed by atoms with Gasteiger partial charge in [0, 0.05) is 17.2 Å². The predicted molar refractivity (Wildman–Crippen MR) is 47.7 cm³/mol. The molecule has 1 heterocycles. The summed E-state index contributed by atoms with van der Waals surface area (Å²) < 4.78 is 0. The van der Waals surface area contributed by atoms with Gasteiger partial charge in [-0.05, 0) is 6.07 Å². The number of pyridine rings is 1. The highest BCUT2D eigenvalue weighted by atomic mass is 32.2.